The van der Waals surface area contributed by atoms with Crippen LogP contribution in [0.2, 0.25) is 0 Å². The summed E-state index contributed by atoms with van der Waals surface area (Å²) >= 11 is 0. The lowest BCUT2D eigenvalue weighted by molar-refractivity contribution is -0.135. The monoisotopic (exact) mass is 437 g/mol. The molecule has 0 aliphatic carbocycles. The lowest BCUT2D eigenvalue weighted by Crippen LogP contribution is -2.54. The van der Waals surface area contributed by atoms with Gasteiger partial charge in [0.15, 0.2) is 0 Å². The number of hydrogen-bond acceptors (Lipinski definition) is 4. The molecule has 3 rings (SSSR count). The summed E-state index contributed by atoms with van der Waals surface area (Å²) in [6.45, 7) is 9.40. The van der Waals surface area contributed by atoms with E-state index in [0.29, 0.717) is 12.0 Å². The zero-order valence-corrected chi connectivity index (χ0v) is 19.6. The highest BCUT2D eigenvalue weighted by Crippen LogP contribution is 2.25. The van der Waals surface area contributed by atoms with Gasteiger partial charge in [-0.05, 0) is 50.1 Å². The van der Waals surface area contributed by atoms with E-state index in [-0.39, 0.29) is 24.0 Å². The van der Waals surface area contributed by atoms with Gasteiger partial charge in [0.25, 0.3) is 5.91 Å². The van der Waals surface area contributed by atoms with E-state index < -0.39 is 0 Å². The van der Waals surface area contributed by atoms with Crippen LogP contribution in [0, 0.1) is 6.92 Å². The number of nitrogens with one attached hydrogen (secondary N) is 1. The molecule has 0 spiro atoms. The number of hydrogen-bond donors (Lipinski definition) is 1. The smallest absolute Gasteiger partial charge is 0.251 e. The quantitative estimate of drug-likeness (QED) is 0.682. The third-order valence-corrected chi connectivity index (χ3v) is 5.99. The first-order valence-corrected chi connectivity index (χ1v) is 11.5. The third-order valence-electron chi connectivity index (χ3n) is 5.99. The molecule has 1 heterocycles. The van der Waals surface area contributed by atoms with Gasteiger partial charge in [-0.15, -0.1) is 0 Å². The van der Waals surface area contributed by atoms with E-state index in [2.05, 4.69) is 48.3 Å². The number of amides is 2. The Hall–Kier alpha value is -2.86. The Bertz CT molecular complexity index is 896. The summed E-state index contributed by atoms with van der Waals surface area (Å²) in [5.41, 5.74) is 2.93. The molecule has 32 heavy (non-hydrogen) atoms. The maximum absolute atomic E-state index is 12.4. The third kappa shape index (κ3) is 6.10. The summed E-state index contributed by atoms with van der Waals surface area (Å²) in [7, 11) is 1.62. The number of benzene rings is 2. The minimum absolute atomic E-state index is 0.115. The fraction of sp³-hybridized carbons (Fsp3) is 0.462. The number of rotatable bonds is 8. The zero-order chi connectivity index (χ0) is 23.1. The van der Waals surface area contributed by atoms with E-state index in [1.165, 1.54) is 5.56 Å². The van der Waals surface area contributed by atoms with Gasteiger partial charge >= 0.3 is 0 Å². The Morgan fingerprint density at radius 1 is 1.09 bits per heavy atom. The van der Waals surface area contributed by atoms with Gasteiger partial charge in [0, 0.05) is 51.3 Å². The largest absolute Gasteiger partial charge is 0.484 e. The van der Waals surface area contributed by atoms with Crippen LogP contribution in [-0.4, -0.2) is 60.9 Å². The molecule has 0 unspecified atom stereocenters. The molecule has 1 N–H and O–H groups in total. The van der Waals surface area contributed by atoms with Crippen molar-refractivity contribution in [3.8, 4) is 5.75 Å². The van der Waals surface area contributed by atoms with Crippen molar-refractivity contribution >= 4 is 11.8 Å². The van der Waals surface area contributed by atoms with Gasteiger partial charge in [0.05, 0.1) is 0 Å². The molecule has 1 aliphatic rings. The first-order valence-electron chi connectivity index (χ1n) is 11.5. The fourth-order valence-electron chi connectivity index (χ4n) is 4.15. The van der Waals surface area contributed by atoms with Crippen molar-refractivity contribution in [2.24, 2.45) is 0 Å². The fourth-order valence-corrected chi connectivity index (χ4v) is 4.15. The van der Waals surface area contributed by atoms with Gasteiger partial charge in [-0.25, -0.2) is 0 Å². The average molecular weight is 438 g/mol. The predicted octanol–water partition coefficient (Wildman–Crippen LogP) is 3.81. The van der Waals surface area contributed by atoms with E-state index in [9.17, 15) is 9.59 Å². The lowest BCUT2D eigenvalue weighted by atomic mass is 10.1. The van der Waals surface area contributed by atoms with E-state index in [0.717, 1.165) is 43.9 Å². The molecule has 2 atom stereocenters. The number of piperazine rings is 1. The number of carbonyl (C=O) groups excluding carboxylic acids is 2. The molecular weight excluding hydrogens is 402 g/mol. The highest BCUT2D eigenvalue weighted by molar-refractivity contribution is 5.94. The molecule has 1 fully saturated rings. The summed E-state index contributed by atoms with van der Waals surface area (Å²) in [4.78, 5) is 28.6. The van der Waals surface area contributed by atoms with Gasteiger partial charge in [-0.3, -0.25) is 14.5 Å². The molecule has 1 aliphatic heterocycles. The van der Waals surface area contributed by atoms with Crippen molar-refractivity contribution in [2.45, 2.75) is 45.8 Å². The minimum atomic E-state index is -0.147. The van der Waals surface area contributed by atoms with Crippen LogP contribution in [-0.2, 0) is 4.79 Å². The summed E-state index contributed by atoms with van der Waals surface area (Å²) in [6, 6.07) is 15.9. The molecule has 2 amide bonds. The molecule has 0 bridgehead atoms. The first-order chi connectivity index (χ1) is 15.4. The second-order valence-corrected chi connectivity index (χ2v) is 8.57. The maximum Gasteiger partial charge on any atom is 0.251 e. The predicted molar refractivity (Wildman–Crippen MR) is 127 cm³/mol. The molecule has 0 radical (unpaired) electrons. The van der Waals surface area contributed by atoms with Crippen molar-refractivity contribution < 1.29 is 14.3 Å². The van der Waals surface area contributed by atoms with Crippen molar-refractivity contribution in [3.63, 3.8) is 0 Å². The Labute approximate surface area is 191 Å². The number of ether oxygens (including phenoxy) is 1. The normalized spacial score (nSPS) is 17.6. The standard InChI is InChI=1S/C26H35N3O3/c1-5-6-25(30)29-16-15-28(17-20(29)3)18-24(21-9-7-19(2)8-10-21)32-23-13-11-22(12-14-23)26(31)27-4/h7-14,20,24H,5-6,15-18H2,1-4H3,(H,27,31)/t20-,24-/m1/s1. The first kappa shape index (κ1) is 23.8. The summed E-state index contributed by atoms with van der Waals surface area (Å²) in [6.07, 6.45) is 1.35. The van der Waals surface area contributed by atoms with E-state index in [4.69, 9.17) is 4.74 Å². The number of nitrogens with zero attached hydrogens (tertiary/aromatic N) is 2. The van der Waals surface area contributed by atoms with Gasteiger partial charge in [-0.2, -0.15) is 0 Å². The highest BCUT2D eigenvalue weighted by Gasteiger charge is 2.29. The molecular formula is C26H35N3O3. The van der Waals surface area contributed by atoms with Crippen LogP contribution in [0.3, 0.4) is 0 Å². The summed E-state index contributed by atoms with van der Waals surface area (Å²) in [5, 5.41) is 2.64. The molecule has 2 aromatic carbocycles. The van der Waals surface area contributed by atoms with Crippen molar-refractivity contribution in [3.05, 3.63) is 65.2 Å². The molecule has 2 aromatic rings. The van der Waals surface area contributed by atoms with Crippen LogP contribution in [0.15, 0.2) is 48.5 Å². The Morgan fingerprint density at radius 2 is 1.78 bits per heavy atom. The molecule has 0 aromatic heterocycles. The van der Waals surface area contributed by atoms with Gasteiger partial charge in [-0.1, -0.05) is 36.8 Å². The Balaban J connectivity index is 1.72. The molecule has 6 nitrogen and oxygen atoms in total. The van der Waals surface area contributed by atoms with Crippen LogP contribution in [0.25, 0.3) is 0 Å². The SMILES string of the molecule is CCCC(=O)N1CCN(C[C@@H](Oc2ccc(C(=O)NC)cc2)c2ccc(C)cc2)C[C@H]1C. The summed E-state index contributed by atoms with van der Waals surface area (Å²) < 4.78 is 6.41. The highest BCUT2D eigenvalue weighted by atomic mass is 16.5. The van der Waals surface area contributed by atoms with Crippen LogP contribution in [0.4, 0.5) is 0 Å². The Kier molecular flexibility index (Phi) is 8.28. The van der Waals surface area contributed by atoms with E-state index >= 15 is 0 Å². The van der Waals surface area contributed by atoms with Gasteiger partial charge in [0.2, 0.25) is 5.91 Å². The summed E-state index contributed by atoms with van der Waals surface area (Å²) in [5.74, 6) is 0.867. The van der Waals surface area contributed by atoms with Crippen molar-refractivity contribution in [2.75, 3.05) is 33.2 Å². The van der Waals surface area contributed by atoms with Gasteiger partial charge in [0.1, 0.15) is 11.9 Å². The molecule has 6 heteroatoms. The number of aryl methyl sites for hydroxylation is 1. The van der Waals surface area contributed by atoms with Crippen LogP contribution in [0.5, 0.6) is 5.75 Å². The van der Waals surface area contributed by atoms with Crippen LogP contribution < -0.4 is 10.1 Å². The second kappa shape index (κ2) is 11.1. The van der Waals surface area contributed by atoms with Crippen LogP contribution >= 0.6 is 0 Å². The topological polar surface area (TPSA) is 61.9 Å². The molecule has 1 saturated heterocycles. The average Bonchev–Trinajstić information content (AvgIpc) is 2.79. The van der Waals surface area contributed by atoms with E-state index in [1.807, 2.05) is 24.0 Å². The zero-order valence-electron chi connectivity index (χ0n) is 19.6. The van der Waals surface area contributed by atoms with Crippen LogP contribution in [0.1, 0.15) is 54.3 Å². The van der Waals surface area contributed by atoms with Crippen molar-refractivity contribution in [1.29, 1.82) is 0 Å². The lowest BCUT2D eigenvalue weighted by Gasteiger charge is -2.41. The molecule has 172 valence electrons. The van der Waals surface area contributed by atoms with E-state index in [1.54, 1.807) is 19.2 Å². The van der Waals surface area contributed by atoms with Crippen molar-refractivity contribution in [1.82, 2.24) is 15.1 Å². The minimum Gasteiger partial charge on any atom is -0.484 e. The molecule has 0 saturated carbocycles. The maximum atomic E-state index is 12.4. The number of carbonyl (C=O) groups is 2. The second-order valence-electron chi connectivity index (χ2n) is 8.57. The van der Waals surface area contributed by atoms with Gasteiger partial charge < -0.3 is 15.0 Å². The Morgan fingerprint density at radius 3 is 2.38 bits per heavy atom.